The quantitative estimate of drug-likeness (QED) is 0.466. The zero-order valence-electron chi connectivity index (χ0n) is 15.1. The Labute approximate surface area is 166 Å². The molecule has 28 heavy (non-hydrogen) atoms. The van der Waals surface area contributed by atoms with Crippen LogP contribution in [0.5, 0.6) is 0 Å². The van der Waals surface area contributed by atoms with Gasteiger partial charge in [-0.1, -0.05) is 29.8 Å². The smallest absolute Gasteiger partial charge is 0.252 e. The molecule has 9 heteroatoms. The van der Waals surface area contributed by atoms with E-state index in [-0.39, 0.29) is 24.2 Å². The van der Waals surface area contributed by atoms with Gasteiger partial charge in [0.2, 0.25) is 17.8 Å². The number of carbonyl (C=O) groups is 2. The number of anilines is 2. The third-order valence-electron chi connectivity index (χ3n) is 3.96. The highest BCUT2D eigenvalue weighted by Crippen LogP contribution is 2.15. The molecule has 3 rings (SSSR count). The SMILES string of the molecule is Cc1ccccc1N/C(N)=N/C1=NC(CC(=O)Nc2ccc(Cl)cc2)C(=O)N1. The molecule has 2 amide bonds. The number of guanidine groups is 2. The fraction of sp³-hybridized carbons (Fsp3) is 0.158. The average molecular weight is 399 g/mol. The Morgan fingerprint density at radius 2 is 1.93 bits per heavy atom. The Hall–Kier alpha value is -3.39. The van der Waals surface area contributed by atoms with Gasteiger partial charge >= 0.3 is 0 Å². The summed E-state index contributed by atoms with van der Waals surface area (Å²) >= 11 is 5.81. The molecule has 1 atom stereocenters. The van der Waals surface area contributed by atoms with Crippen molar-refractivity contribution in [1.82, 2.24) is 5.32 Å². The lowest BCUT2D eigenvalue weighted by atomic mass is 10.2. The maximum Gasteiger partial charge on any atom is 0.252 e. The number of aliphatic imine (C=N–C) groups is 2. The largest absolute Gasteiger partial charge is 0.369 e. The number of benzene rings is 2. The van der Waals surface area contributed by atoms with E-state index in [0.29, 0.717) is 10.7 Å². The molecule has 0 saturated heterocycles. The minimum Gasteiger partial charge on any atom is -0.369 e. The Bertz CT molecular complexity index is 955. The second kappa shape index (κ2) is 8.53. The van der Waals surface area contributed by atoms with E-state index in [1.165, 1.54) is 0 Å². The fourth-order valence-electron chi connectivity index (χ4n) is 2.54. The number of carbonyl (C=O) groups excluding carboxylic acids is 2. The number of amides is 2. The van der Waals surface area contributed by atoms with Crippen LogP contribution in [0, 0.1) is 6.92 Å². The number of halogens is 1. The summed E-state index contributed by atoms with van der Waals surface area (Å²) < 4.78 is 0. The maximum atomic E-state index is 12.1. The molecule has 0 bridgehead atoms. The Morgan fingerprint density at radius 1 is 1.21 bits per heavy atom. The Morgan fingerprint density at radius 3 is 2.64 bits per heavy atom. The summed E-state index contributed by atoms with van der Waals surface area (Å²) in [5, 5.41) is 8.73. The lowest BCUT2D eigenvalue weighted by Crippen LogP contribution is -2.32. The number of nitrogens with zero attached hydrogens (tertiary/aromatic N) is 2. The fourth-order valence-corrected chi connectivity index (χ4v) is 2.67. The zero-order valence-corrected chi connectivity index (χ0v) is 15.8. The van der Waals surface area contributed by atoms with Crippen LogP contribution >= 0.6 is 11.6 Å². The normalized spacial score (nSPS) is 16.4. The summed E-state index contributed by atoms with van der Waals surface area (Å²) in [4.78, 5) is 32.4. The molecule has 1 aliphatic rings. The zero-order chi connectivity index (χ0) is 20.1. The molecule has 5 N–H and O–H groups in total. The number of nitrogens with two attached hydrogens (primary N) is 1. The van der Waals surface area contributed by atoms with Crippen LogP contribution in [0.2, 0.25) is 5.02 Å². The lowest BCUT2D eigenvalue weighted by Gasteiger charge is -2.07. The molecule has 0 fully saturated rings. The maximum absolute atomic E-state index is 12.1. The van der Waals surface area contributed by atoms with Crippen LogP contribution in [-0.2, 0) is 9.59 Å². The van der Waals surface area contributed by atoms with E-state index < -0.39 is 11.9 Å². The first-order valence-electron chi connectivity index (χ1n) is 8.51. The summed E-state index contributed by atoms with van der Waals surface area (Å²) in [6.45, 7) is 1.93. The van der Waals surface area contributed by atoms with Crippen LogP contribution < -0.4 is 21.7 Å². The van der Waals surface area contributed by atoms with Crippen LogP contribution in [0.25, 0.3) is 0 Å². The molecule has 8 nitrogen and oxygen atoms in total. The number of hydrogen-bond donors (Lipinski definition) is 4. The van der Waals surface area contributed by atoms with Crippen molar-refractivity contribution in [3.05, 3.63) is 59.1 Å². The van der Waals surface area contributed by atoms with Crippen molar-refractivity contribution in [3.8, 4) is 0 Å². The predicted octanol–water partition coefficient (Wildman–Crippen LogP) is 2.26. The standard InChI is InChI=1S/C19H19ClN6O2/c1-11-4-2-3-5-14(11)23-18(21)26-19-24-15(17(28)25-19)10-16(27)22-13-8-6-12(20)7-9-13/h2-9,15H,10H2,1H3,(H,22,27)(H4,21,23,24,25,26,28). The molecular formula is C19H19ClN6O2. The van der Waals surface area contributed by atoms with E-state index in [0.717, 1.165) is 11.3 Å². The van der Waals surface area contributed by atoms with Crippen molar-refractivity contribution in [2.75, 3.05) is 10.6 Å². The predicted molar refractivity (Wildman–Crippen MR) is 110 cm³/mol. The highest BCUT2D eigenvalue weighted by molar-refractivity contribution is 6.30. The third-order valence-corrected chi connectivity index (χ3v) is 4.21. The first-order chi connectivity index (χ1) is 13.4. The summed E-state index contributed by atoms with van der Waals surface area (Å²) in [5.74, 6) is -0.608. The van der Waals surface area contributed by atoms with Gasteiger partial charge in [0, 0.05) is 16.4 Å². The summed E-state index contributed by atoms with van der Waals surface area (Å²) in [6.07, 6.45) is -0.112. The first kappa shape index (κ1) is 19.4. The summed E-state index contributed by atoms with van der Waals surface area (Å²) in [5.41, 5.74) is 8.26. The van der Waals surface area contributed by atoms with Crippen LogP contribution in [0.3, 0.4) is 0 Å². The monoisotopic (exact) mass is 398 g/mol. The second-order valence-corrected chi connectivity index (χ2v) is 6.59. The lowest BCUT2D eigenvalue weighted by molar-refractivity contribution is -0.123. The average Bonchev–Trinajstić information content (AvgIpc) is 2.97. The molecule has 0 aliphatic carbocycles. The second-order valence-electron chi connectivity index (χ2n) is 6.15. The van der Waals surface area contributed by atoms with E-state index in [2.05, 4.69) is 25.9 Å². The van der Waals surface area contributed by atoms with Gasteiger partial charge in [0.15, 0.2) is 0 Å². The van der Waals surface area contributed by atoms with E-state index >= 15 is 0 Å². The van der Waals surface area contributed by atoms with Crippen molar-refractivity contribution < 1.29 is 9.59 Å². The number of aryl methyl sites for hydroxylation is 1. The van der Waals surface area contributed by atoms with Crippen molar-refractivity contribution in [3.63, 3.8) is 0 Å². The van der Waals surface area contributed by atoms with Gasteiger partial charge in [0.05, 0.1) is 6.42 Å². The molecule has 2 aromatic rings. The molecule has 2 aromatic carbocycles. The summed E-state index contributed by atoms with van der Waals surface area (Å²) in [7, 11) is 0. The van der Waals surface area contributed by atoms with Crippen molar-refractivity contribution >= 4 is 46.7 Å². The highest BCUT2D eigenvalue weighted by Gasteiger charge is 2.28. The number of para-hydroxylation sites is 1. The Balaban J connectivity index is 1.61. The van der Waals surface area contributed by atoms with Gasteiger partial charge in [-0.2, -0.15) is 4.99 Å². The van der Waals surface area contributed by atoms with E-state index in [1.54, 1.807) is 24.3 Å². The molecule has 0 saturated carbocycles. The Kier molecular flexibility index (Phi) is 5.90. The van der Waals surface area contributed by atoms with Crippen LogP contribution in [0.1, 0.15) is 12.0 Å². The van der Waals surface area contributed by atoms with Gasteiger partial charge in [0.1, 0.15) is 6.04 Å². The topological polar surface area (TPSA) is 121 Å². The number of rotatable bonds is 4. The van der Waals surface area contributed by atoms with Gasteiger partial charge in [0.25, 0.3) is 5.91 Å². The number of nitrogens with one attached hydrogen (secondary N) is 3. The van der Waals surface area contributed by atoms with Gasteiger partial charge in [-0.25, -0.2) is 4.99 Å². The molecule has 0 radical (unpaired) electrons. The summed E-state index contributed by atoms with van der Waals surface area (Å²) in [6, 6.07) is 13.4. The van der Waals surface area contributed by atoms with Gasteiger partial charge < -0.3 is 16.4 Å². The molecular weight excluding hydrogens is 380 g/mol. The van der Waals surface area contributed by atoms with Crippen LogP contribution in [-0.4, -0.2) is 29.8 Å². The minimum absolute atomic E-state index is 0.0628. The molecule has 144 valence electrons. The molecule has 0 spiro atoms. The van der Waals surface area contributed by atoms with Crippen molar-refractivity contribution in [2.45, 2.75) is 19.4 Å². The van der Waals surface area contributed by atoms with Gasteiger partial charge in [-0.05, 0) is 42.8 Å². The molecule has 1 unspecified atom stereocenters. The van der Waals surface area contributed by atoms with Gasteiger partial charge in [-0.3, -0.25) is 14.9 Å². The number of hydrogen-bond acceptors (Lipinski definition) is 4. The molecule has 0 aromatic heterocycles. The van der Waals surface area contributed by atoms with Crippen molar-refractivity contribution in [1.29, 1.82) is 0 Å². The highest BCUT2D eigenvalue weighted by atomic mass is 35.5. The molecule has 1 aliphatic heterocycles. The van der Waals surface area contributed by atoms with E-state index in [1.807, 2.05) is 31.2 Å². The minimum atomic E-state index is -0.864. The van der Waals surface area contributed by atoms with Gasteiger partial charge in [-0.15, -0.1) is 0 Å². The van der Waals surface area contributed by atoms with Crippen molar-refractivity contribution in [2.24, 2.45) is 15.7 Å². The van der Waals surface area contributed by atoms with Crippen LogP contribution in [0.15, 0.2) is 58.5 Å². The third kappa shape index (κ3) is 5.08. The van der Waals surface area contributed by atoms with Crippen LogP contribution in [0.4, 0.5) is 11.4 Å². The van der Waals surface area contributed by atoms with E-state index in [4.69, 9.17) is 17.3 Å². The first-order valence-corrected chi connectivity index (χ1v) is 8.89. The van der Waals surface area contributed by atoms with E-state index in [9.17, 15) is 9.59 Å². The molecule has 1 heterocycles.